The van der Waals surface area contributed by atoms with Gasteiger partial charge in [0.15, 0.2) is 0 Å². The molecule has 0 aromatic heterocycles. The maximum Gasteiger partial charge on any atom is 0.0489 e. The molecule has 0 aliphatic carbocycles. The van der Waals surface area contributed by atoms with Gasteiger partial charge in [0.2, 0.25) is 0 Å². The fourth-order valence-corrected chi connectivity index (χ4v) is 2.18. The highest BCUT2D eigenvalue weighted by atomic mass is 79.9. The highest BCUT2D eigenvalue weighted by molar-refractivity contribution is 9.10. The van der Waals surface area contributed by atoms with E-state index in [1.54, 1.807) is 0 Å². The molecule has 1 nitrogen and oxygen atoms in total. The third kappa shape index (κ3) is 4.17. The van der Waals surface area contributed by atoms with Crippen LogP contribution in [0.4, 0.5) is 5.69 Å². The van der Waals surface area contributed by atoms with Crippen LogP contribution in [0.3, 0.4) is 0 Å². The molecular weight excluding hydrogens is 262 g/mol. The summed E-state index contributed by atoms with van der Waals surface area (Å²) in [6, 6.07) is 6.90. The zero-order valence-corrected chi connectivity index (χ0v) is 12.1. The van der Waals surface area contributed by atoms with E-state index in [2.05, 4.69) is 60.2 Å². The van der Waals surface area contributed by atoms with Crippen molar-refractivity contribution in [2.45, 2.75) is 52.5 Å². The average Bonchev–Trinajstić information content (AvgIpc) is 2.25. The lowest BCUT2D eigenvalue weighted by Crippen LogP contribution is -2.15. The molecule has 1 unspecified atom stereocenters. The first-order valence-corrected chi connectivity index (χ1v) is 6.96. The van der Waals surface area contributed by atoms with Gasteiger partial charge < -0.3 is 5.32 Å². The molecule has 0 heterocycles. The van der Waals surface area contributed by atoms with Crippen molar-refractivity contribution < 1.29 is 0 Å². The second-order valence-corrected chi connectivity index (χ2v) is 5.27. The Bertz CT molecular complexity index is 323. The minimum Gasteiger partial charge on any atom is -0.382 e. The van der Waals surface area contributed by atoms with Crippen LogP contribution >= 0.6 is 15.9 Å². The van der Waals surface area contributed by atoms with E-state index in [1.165, 1.54) is 41.4 Å². The first kappa shape index (κ1) is 13.6. The van der Waals surface area contributed by atoms with Crippen molar-refractivity contribution in [2.24, 2.45) is 0 Å². The molecule has 0 saturated heterocycles. The van der Waals surface area contributed by atoms with Crippen LogP contribution in [-0.2, 0) is 0 Å². The molecule has 1 N–H and O–H groups in total. The van der Waals surface area contributed by atoms with Gasteiger partial charge in [-0.3, -0.25) is 0 Å². The molecule has 90 valence electrons. The van der Waals surface area contributed by atoms with E-state index in [9.17, 15) is 0 Å². The second-order valence-electron chi connectivity index (χ2n) is 4.48. The van der Waals surface area contributed by atoms with Crippen molar-refractivity contribution in [3.63, 3.8) is 0 Å². The Morgan fingerprint density at radius 2 is 2.06 bits per heavy atom. The summed E-state index contributed by atoms with van der Waals surface area (Å²) < 4.78 is 1.19. The first-order chi connectivity index (χ1) is 7.65. The molecule has 2 heteroatoms. The Balaban J connectivity index is 2.49. The minimum absolute atomic E-state index is 0.546. The van der Waals surface area contributed by atoms with Crippen molar-refractivity contribution in [3.8, 4) is 0 Å². The molecule has 1 atom stereocenters. The van der Waals surface area contributed by atoms with Crippen molar-refractivity contribution in [3.05, 3.63) is 28.2 Å². The Morgan fingerprint density at radius 3 is 2.75 bits per heavy atom. The van der Waals surface area contributed by atoms with Gasteiger partial charge >= 0.3 is 0 Å². The van der Waals surface area contributed by atoms with Crippen molar-refractivity contribution in [1.29, 1.82) is 0 Å². The Labute approximate surface area is 108 Å². The lowest BCUT2D eigenvalue weighted by molar-refractivity contribution is 0.615. The Morgan fingerprint density at radius 1 is 1.31 bits per heavy atom. The minimum atomic E-state index is 0.546. The number of nitrogens with one attached hydrogen (secondary N) is 1. The van der Waals surface area contributed by atoms with Gasteiger partial charge in [0, 0.05) is 16.2 Å². The molecule has 0 radical (unpaired) electrons. The van der Waals surface area contributed by atoms with Gasteiger partial charge in [-0.25, -0.2) is 0 Å². The Kier molecular flexibility index (Phi) is 5.89. The van der Waals surface area contributed by atoms with Gasteiger partial charge in [0.25, 0.3) is 0 Å². The van der Waals surface area contributed by atoms with Crippen LogP contribution in [-0.4, -0.2) is 6.04 Å². The summed E-state index contributed by atoms with van der Waals surface area (Å²) in [5.41, 5.74) is 2.50. The molecule has 0 fully saturated rings. The number of anilines is 1. The Hall–Kier alpha value is -0.500. The number of rotatable bonds is 6. The van der Waals surface area contributed by atoms with Gasteiger partial charge in [0.1, 0.15) is 0 Å². The standard InChI is InChI=1S/C14H22BrN/c1-4-5-6-9-12(3)16-13-10-7-8-11(2)14(13)15/h7-8,10,12,16H,4-6,9H2,1-3H3. The third-order valence-electron chi connectivity index (χ3n) is 2.83. The van der Waals surface area contributed by atoms with Gasteiger partial charge in [-0.15, -0.1) is 0 Å². The number of aryl methyl sites for hydroxylation is 1. The number of hydrogen-bond acceptors (Lipinski definition) is 1. The van der Waals surface area contributed by atoms with E-state index in [-0.39, 0.29) is 0 Å². The molecule has 16 heavy (non-hydrogen) atoms. The van der Waals surface area contributed by atoms with Crippen LogP contribution in [0.5, 0.6) is 0 Å². The van der Waals surface area contributed by atoms with E-state index in [0.717, 1.165) is 0 Å². The summed E-state index contributed by atoms with van der Waals surface area (Å²) in [4.78, 5) is 0. The van der Waals surface area contributed by atoms with Crippen LogP contribution in [0.25, 0.3) is 0 Å². The van der Waals surface area contributed by atoms with Crippen molar-refractivity contribution >= 4 is 21.6 Å². The molecule has 0 spiro atoms. The highest BCUT2D eigenvalue weighted by Gasteiger charge is 2.05. The molecule has 1 aromatic rings. The fourth-order valence-electron chi connectivity index (χ4n) is 1.80. The zero-order valence-electron chi connectivity index (χ0n) is 10.5. The predicted molar refractivity (Wildman–Crippen MR) is 76.1 cm³/mol. The van der Waals surface area contributed by atoms with Crippen LogP contribution in [0, 0.1) is 6.92 Å². The van der Waals surface area contributed by atoms with Crippen LogP contribution in [0.15, 0.2) is 22.7 Å². The molecule has 0 aliphatic rings. The maximum atomic E-state index is 3.63. The highest BCUT2D eigenvalue weighted by Crippen LogP contribution is 2.26. The summed E-state index contributed by atoms with van der Waals surface area (Å²) in [6.07, 6.45) is 5.18. The first-order valence-electron chi connectivity index (χ1n) is 6.16. The second kappa shape index (κ2) is 6.95. The third-order valence-corrected chi connectivity index (χ3v) is 3.89. The van der Waals surface area contributed by atoms with Crippen molar-refractivity contribution in [2.75, 3.05) is 5.32 Å². The summed E-state index contributed by atoms with van der Waals surface area (Å²) in [6.45, 7) is 6.62. The number of unbranched alkanes of at least 4 members (excludes halogenated alkanes) is 2. The maximum absolute atomic E-state index is 3.63. The molecule has 0 saturated carbocycles. The topological polar surface area (TPSA) is 12.0 Å². The molecule has 1 rings (SSSR count). The lowest BCUT2D eigenvalue weighted by Gasteiger charge is -2.17. The predicted octanol–water partition coefficient (Wildman–Crippen LogP) is 5.14. The number of benzene rings is 1. The van der Waals surface area contributed by atoms with Crippen LogP contribution in [0.1, 0.15) is 45.1 Å². The lowest BCUT2D eigenvalue weighted by atomic mass is 10.1. The number of hydrogen-bond donors (Lipinski definition) is 1. The van der Waals surface area contributed by atoms with E-state index in [0.29, 0.717) is 6.04 Å². The normalized spacial score (nSPS) is 12.5. The summed E-state index contributed by atoms with van der Waals surface area (Å²) in [7, 11) is 0. The molecule has 1 aromatic carbocycles. The SMILES string of the molecule is CCCCCC(C)Nc1cccc(C)c1Br. The summed E-state index contributed by atoms with van der Waals surface area (Å²) in [5, 5.41) is 3.56. The number of halogens is 1. The van der Waals surface area contributed by atoms with Gasteiger partial charge in [-0.2, -0.15) is 0 Å². The fraction of sp³-hybridized carbons (Fsp3) is 0.571. The van der Waals surface area contributed by atoms with Crippen LogP contribution < -0.4 is 5.32 Å². The smallest absolute Gasteiger partial charge is 0.0489 e. The van der Waals surface area contributed by atoms with Gasteiger partial charge in [-0.05, 0) is 47.8 Å². The molecule has 0 bridgehead atoms. The summed E-state index contributed by atoms with van der Waals surface area (Å²) in [5.74, 6) is 0. The average molecular weight is 284 g/mol. The largest absolute Gasteiger partial charge is 0.382 e. The zero-order chi connectivity index (χ0) is 12.0. The van der Waals surface area contributed by atoms with E-state index in [1.807, 2.05) is 0 Å². The quantitative estimate of drug-likeness (QED) is 0.713. The summed E-state index contributed by atoms with van der Waals surface area (Å²) >= 11 is 3.63. The van der Waals surface area contributed by atoms with E-state index in [4.69, 9.17) is 0 Å². The van der Waals surface area contributed by atoms with E-state index < -0.39 is 0 Å². The molecule has 0 amide bonds. The molecular formula is C14H22BrN. The monoisotopic (exact) mass is 283 g/mol. The van der Waals surface area contributed by atoms with Crippen LogP contribution in [0.2, 0.25) is 0 Å². The van der Waals surface area contributed by atoms with E-state index >= 15 is 0 Å². The molecule has 0 aliphatic heterocycles. The van der Waals surface area contributed by atoms with Crippen molar-refractivity contribution in [1.82, 2.24) is 0 Å². The van der Waals surface area contributed by atoms with Gasteiger partial charge in [0.05, 0.1) is 0 Å². The van der Waals surface area contributed by atoms with Gasteiger partial charge in [-0.1, -0.05) is 38.3 Å².